The van der Waals surface area contributed by atoms with Crippen molar-refractivity contribution in [1.82, 2.24) is 14.5 Å². The molecule has 0 unspecified atom stereocenters. The third-order valence-corrected chi connectivity index (χ3v) is 6.18. The van der Waals surface area contributed by atoms with Gasteiger partial charge in [0.05, 0.1) is 17.1 Å². The summed E-state index contributed by atoms with van der Waals surface area (Å²) in [5.74, 6) is 0.983. The van der Waals surface area contributed by atoms with E-state index < -0.39 is 10.8 Å². The van der Waals surface area contributed by atoms with Crippen LogP contribution in [-0.2, 0) is 17.3 Å². The fourth-order valence-corrected chi connectivity index (χ4v) is 4.43. The molecule has 27 heavy (non-hydrogen) atoms. The van der Waals surface area contributed by atoms with Gasteiger partial charge < -0.3 is 9.47 Å². The summed E-state index contributed by atoms with van der Waals surface area (Å²) in [6.07, 6.45) is 3.54. The van der Waals surface area contributed by atoms with Crippen LogP contribution in [0.25, 0.3) is 11.0 Å². The standard InChI is InChI=1S/C21H23N3O2S/c1-3-23-18-8-5-4-7-17(18)22-20(23)19-9-6-14-24(19)21(25)15-10-12-16(13-11-15)27(2)26/h4-5,7-8,10-13,19H,3,6,9,14H2,1-2H3/t19-,27-/m1/s1. The van der Waals surface area contributed by atoms with E-state index in [1.807, 2.05) is 23.1 Å². The zero-order chi connectivity index (χ0) is 19.0. The van der Waals surface area contributed by atoms with Crippen LogP contribution in [0, 0.1) is 0 Å². The monoisotopic (exact) mass is 381 g/mol. The van der Waals surface area contributed by atoms with Crippen molar-refractivity contribution in [2.75, 3.05) is 12.8 Å². The van der Waals surface area contributed by atoms with Gasteiger partial charge in [0.25, 0.3) is 5.91 Å². The van der Waals surface area contributed by atoms with Gasteiger partial charge in [-0.3, -0.25) is 9.00 Å². The van der Waals surface area contributed by atoms with Gasteiger partial charge in [-0.2, -0.15) is 0 Å². The van der Waals surface area contributed by atoms with Gasteiger partial charge in [-0.1, -0.05) is 12.1 Å². The summed E-state index contributed by atoms with van der Waals surface area (Å²) in [5, 5.41) is 0. The average molecular weight is 382 g/mol. The first-order valence-corrected chi connectivity index (χ1v) is 10.9. The van der Waals surface area contributed by atoms with Crippen molar-refractivity contribution in [2.24, 2.45) is 0 Å². The molecule has 0 radical (unpaired) electrons. The van der Waals surface area contributed by atoms with Crippen LogP contribution in [0.1, 0.15) is 42.0 Å². The number of aryl methyl sites for hydroxylation is 1. The maximum Gasteiger partial charge on any atom is 0.254 e. The summed E-state index contributed by atoms with van der Waals surface area (Å²) in [6, 6.07) is 15.2. The highest BCUT2D eigenvalue weighted by Crippen LogP contribution is 2.34. The molecule has 5 nitrogen and oxygen atoms in total. The van der Waals surface area contributed by atoms with Crippen molar-refractivity contribution >= 4 is 27.7 Å². The fraction of sp³-hybridized carbons (Fsp3) is 0.333. The molecule has 1 aliphatic heterocycles. The highest BCUT2D eigenvalue weighted by molar-refractivity contribution is 7.84. The van der Waals surface area contributed by atoms with Crippen LogP contribution in [0.3, 0.4) is 0 Å². The molecule has 6 heteroatoms. The summed E-state index contributed by atoms with van der Waals surface area (Å²) in [4.78, 5) is 20.7. The Balaban J connectivity index is 1.68. The number of fused-ring (bicyclic) bond motifs is 1. The molecule has 1 saturated heterocycles. The van der Waals surface area contributed by atoms with Gasteiger partial charge in [0.15, 0.2) is 0 Å². The lowest BCUT2D eigenvalue weighted by Crippen LogP contribution is -2.32. The summed E-state index contributed by atoms with van der Waals surface area (Å²) in [5.41, 5.74) is 2.72. The van der Waals surface area contributed by atoms with Crippen molar-refractivity contribution in [1.29, 1.82) is 0 Å². The average Bonchev–Trinajstić information content (AvgIpc) is 3.31. The lowest BCUT2D eigenvalue weighted by atomic mass is 10.1. The van der Waals surface area contributed by atoms with Crippen LogP contribution < -0.4 is 0 Å². The molecular weight excluding hydrogens is 358 g/mol. The predicted molar refractivity (Wildman–Crippen MR) is 107 cm³/mol. The molecule has 1 aromatic heterocycles. The minimum Gasteiger partial charge on any atom is -0.328 e. The zero-order valence-corrected chi connectivity index (χ0v) is 16.4. The molecule has 1 amide bonds. The van der Waals surface area contributed by atoms with Gasteiger partial charge in [0.1, 0.15) is 5.82 Å². The molecule has 0 aliphatic carbocycles. The molecule has 1 fully saturated rings. The van der Waals surface area contributed by atoms with Crippen molar-refractivity contribution < 1.29 is 9.00 Å². The number of nitrogens with zero attached hydrogens (tertiary/aromatic N) is 3. The summed E-state index contributed by atoms with van der Waals surface area (Å²) < 4.78 is 13.8. The van der Waals surface area contributed by atoms with Gasteiger partial charge in [0, 0.05) is 40.6 Å². The van der Waals surface area contributed by atoms with Crippen LogP contribution in [0.2, 0.25) is 0 Å². The van der Waals surface area contributed by atoms with Crippen molar-refractivity contribution in [2.45, 2.75) is 37.2 Å². The minimum atomic E-state index is -1.04. The second-order valence-corrected chi connectivity index (χ2v) is 8.22. The lowest BCUT2D eigenvalue weighted by molar-refractivity contribution is 0.0727. The van der Waals surface area contributed by atoms with Crippen LogP contribution in [0.5, 0.6) is 0 Å². The van der Waals surface area contributed by atoms with E-state index in [2.05, 4.69) is 17.6 Å². The maximum atomic E-state index is 13.1. The van der Waals surface area contributed by atoms with Gasteiger partial charge in [-0.05, 0) is 56.2 Å². The molecule has 2 aromatic carbocycles. The van der Waals surface area contributed by atoms with Gasteiger partial charge in [0.2, 0.25) is 0 Å². The van der Waals surface area contributed by atoms with Crippen molar-refractivity contribution in [3.8, 4) is 0 Å². The minimum absolute atomic E-state index is 0.00941. The first kappa shape index (κ1) is 17.9. The SMILES string of the molecule is CCn1c([C@H]2CCCN2C(=O)c2ccc([S@@](C)=O)cc2)nc2ccccc21. The van der Waals surface area contributed by atoms with E-state index in [0.29, 0.717) is 5.56 Å². The third-order valence-electron chi connectivity index (χ3n) is 5.25. The van der Waals surface area contributed by atoms with Gasteiger partial charge in [-0.15, -0.1) is 0 Å². The van der Waals surface area contributed by atoms with E-state index in [1.54, 1.807) is 30.5 Å². The Morgan fingerprint density at radius 3 is 2.63 bits per heavy atom. The molecular formula is C21H23N3O2S. The fourth-order valence-electron chi connectivity index (χ4n) is 3.91. The predicted octanol–water partition coefficient (Wildman–Crippen LogP) is 3.77. The molecule has 0 bridgehead atoms. The topological polar surface area (TPSA) is 55.2 Å². The molecule has 3 aromatic rings. The Morgan fingerprint density at radius 2 is 1.93 bits per heavy atom. The van der Waals surface area contributed by atoms with E-state index >= 15 is 0 Å². The number of imidazole rings is 1. The van der Waals surface area contributed by atoms with Crippen molar-refractivity contribution in [3.05, 3.63) is 59.9 Å². The molecule has 1 aliphatic rings. The molecule has 0 N–H and O–H groups in total. The zero-order valence-electron chi connectivity index (χ0n) is 15.6. The summed E-state index contributed by atoms with van der Waals surface area (Å²) in [6.45, 7) is 3.67. The number of hydrogen-bond acceptors (Lipinski definition) is 3. The number of rotatable bonds is 4. The number of benzene rings is 2. The van der Waals surface area contributed by atoms with E-state index in [-0.39, 0.29) is 11.9 Å². The number of para-hydroxylation sites is 2. The highest BCUT2D eigenvalue weighted by atomic mass is 32.2. The highest BCUT2D eigenvalue weighted by Gasteiger charge is 2.34. The van der Waals surface area contributed by atoms with Crippen LogP contribution in [0.4, 0.5) is 0 Å². The third kappa shape index (κ3) is 3.18. The lowest BCUT2D eigenvalue weighted by Gasteiger charge is -2.25. The number of amides is 1. The first-order valence-electron chi connectivity index (χ1n) is 9.29. The molecule has 0 spiro atoms. The molecule has 4 rings (SSSR count). The summed E-state index contributed by atoms with van der Waals surface area (Å²) in [7, 11) is -1.04. The smallest absolute Gasteiger partial charge is 0.254 e. The number of carbonyl (C=O) groups is 1. The van der Waals surface area contributed by atoms with E-state index in [9.17, 15) is 9.00 Å². The van der Waals surface area contributed by atoms with E-state index in [0.717, 1.165) is 47.7 Å². The van der Waals surface area contributed by atoms with E-state index in [4.69, 9.17) is 4.98 Å². The number of likely N-dealkylation sites (tertiary alicyclic amines) is 1. The molecule has 140 valence electrons. The second kappa shape index (κ2) is 7.27. The molecule has 2 heterocycles. The Labute approximate surface area is 161 Å². The van der Waals surface area contributed by atoms with Crippen LogP contribution in [0.15, 0.2) is 53.4 Å². The van der Waals surface area contributed by atoms with E-state index in [1.165, 1.54) is 0 Å². The Kier molecular flexibility index (Phi) is 4.83. The van der Waals surface area contributed by atoms with Gasteiger partial charge in [-0.25, -0.2) is 4.98 Å². The number of carbonyl (C=O) groups excluding carboxylic acids is 1. The Bertz CT molecular complexity index is 1010. The Morgan fingerprint density at radius 1 is 1.19 bits per heavy atom. The Hall–Kier alpha value is -2.47. The second-order valence-electron chi connectivity index (χ2n) is 6.84. The number of aromatic nitrogens is 2. The largest absolute Gasteiger partial charge is 0.328 e. The maximum absolute atomic E-state index is 13.1. The normalized spacial score (nSPS) is 18.1. The van der Waals surface area contributed by atoms with Crippen LogP contribution >= 0.6 is 0 Å². The van der Waals surface area contributed by atoms with Crippen LogP contribution in [-0.4, -0.2) is 37.4 Å². The molecule has 0 saturated carbocycles. The van der Waals surface area contributed by atoms with Gasteiger partial charge >= 0.3 is 0 Å². The quantitative estimate of drug-likeness (QED) is 0.691. The molecule has 2 atom stereocenters. The first-order chi connectivity index (χ1) is 13.1. The summed E-state index contributed by atoms with van der Waals surface area (Å²) >= 11 is 0. The van der Waals surface area contributed by atoms with Crippen molar-refractivity contribution in [3.63, 3.8) is 0 Å². The number of hydrogen-bond donors (Lipinski definition) is 0.